The Labute approximate surface area is 179 Å². The Balaban J connectivity index is 1.77. The van der Waals surface area contributed by atoms with Gasteiger partial charge in [-0.2, -0.15) is 0 Å². The van der Waals surface area contributed by atoms with Crippen molar-refractivity contribution in [3.63, 3.8) is 0 Å². The van der Waals surface area contributed by atoms with Gasteiger partial charge in [-0.05, 0) is 43.2 Å². The molecule has 2 nitrogen and oxygen atoms in total. The van der Waals surface area contributed by atoms with Crippen LogP contribution < -0.4 is 0 Å². The van der Waals surface area contributed by atoms with E-state index in [1.807, 2.05) is 0 Å². The second kappa shape index (κ2) is 14.4. The predicted molar refractivity (Wildman–Crippen MR) is 127 cm³/mol. The molecule has 0 amide bonds. The molecule has 1 heterocycles. The first-order valence-corrected chi connectivity index (χ1v) is 12.4. The molecule has 2 heteroatoms. The summed E-state index contributed by atoms with van der Waals surface area (Å²) in [5, 5.41) is 0. The number of aryl methyl sites for hydroxylation is 3. The van der Waals surface area contributed by atoms with Gasteiger partial charge in [0, 0.05) is 18.5 Å². The number of nitrogens with zero attached hydrogens (tertiary/aromatic N) is 1. The normalized spacial score (nSPS) is 12.4. The van der Waals surface area contributed by atoms with Gasteiger partial charge in [0.15, 0.2) is 0 Å². The molecular weight excluding hydrogens is 352 g/mol. The minimum atomic E-state index is 0.633. The first-order chi connectivity index (χ1) is 14.3. The van der Waals surface area contributed by atoms with Crippen LogP contribution in [0.1, 0.15) is 120 Å². The highest BCUT2D eigenvalue weighted by atomic mass is 14.9. The number of aromatic nitrogens is 2. The van der Waals surface area contributed by atoms with Crippen molar-refractivity contribution in [2.45, 2.75) is 117 Å². The van der Waals surface area contributed by atoms with E-state index in [4.69, 9.17) is 4.98 Å². The summed E-state index contributed by atoms with van der Waals surface area (Å²) in [4.78, 5) is 8.40. The van der Waals surface area contributed by atoms with Crippen molar-refractivity contribution in [1.29, 1.82) is 0 Å². The third kappa shape index (κ3) is 9.19. The van der Waals surface area contributed by atoms with Gasteiger partial charge in [-0.15, -0.1) is 0 Å². The van der Waals surface area contributed by atoms with E-state index in [0.717, 1.165) is 18.7 Å². The zero-order chi connectivity index (χ0) is 20.7. The van der Waals surface area contributed by atoms with E-state index in [-0.39, 0.29) is 0 Å². The van der Waals surface area contributed by atoms with Gasteiger partial charge < -0.3 is 4.98 Å². The maximum atomic E-state index is 4.95. The quantitative estimate of drug-likeness (QED) is 0.285. The number of nitrogens with one attached hydrogen (secondary N) is 1. The zero-order valence-electron chi connectivity index (χ0n) is 19.3. The monoisotopic (exact) mass is 396 g/mol. The van der Waals surface area contributed by atoms with Crippen LogP contribution in [0.25, 0.3) is 0 Å². The Morgan fingerprint density at radius 1 is 0.690 bits per heavy atom. The number of hydrogen-bond donors (Lipinski definition) is 1. The Morgan fingerprint density at radius 3 is 2.03 bits per heavy atom. The first kappa shape index (κ1) is 23.7. The summed E-state index contributed by atoms with van der Waals surface area (Å²) < 4.78 is 0. The van der Waals surface area contributed by atoms with Crippen LogP contribution in [0, 0.1) is 0 Å². The highest BCUT2D eigenvalue weighted by Crippen LogP contribution is 2.26. The van der Waals surface area contributed by atoms with Gasteiger partial charge in [-0.1, -0.05) is 96.4 Å². The minimum Gasteiger partial charge on any atom is -0.348 e. The van der Waals surface area contributed by atoms with Crippen LogP contribution in [0.15, 0.2) is 30.5 Å². The second-order valence-corrected chi connectivity index (χ2v) is 8.73. The van der Waals surface area contributed by atoms with Crippen molar-refractivity contribution in [2.24, 2.45) is 0 Å². The third-order valence-corrected chi connectivity index (χ3v) is 6.10. The molecule has 0 saturated carbocycles. The number of hydrogen-bond acceptors (Lipinski definition) is 1. The molecule has 0 fully saturated rings. The van der Waals surface area contributed by atoms with Crippen LogP contribution >= 0.6 is 0 Å². The van der Waals surface area contributed by atoms with Crippen LogP contribution in [0.3, 0.4) is 0 Å². The van der Waals surface area contributed by atoms with E-state index in [0.29, 0.717) is 5.92 Å². The van der Waals surface area contributed by atoms with Crippen molar-refractivity contribution in [3.05, 3.63) is 53.1 Å². The summed E-state index contributed by atoms with van der Waals surface area (Å²) in [5.41, 5.74) is 4.20. The van der Waals surface area contributed by atoms with Gasteiger partial charge in [-0.25, -0.2) is 4.98 Å². The molecule has 1 N–H and O–H groups in total. The van der Waals surface area contributed by atoms with E-state index < -0.39 is 0 Å². The van der Waals surface area contributed by atoms with E-state index in [9.17, 15) is 0 Å². The fraction of sp³-hybridized carbons (Fsp3) is 0.667. The van der Waals surface area contributed by atoms with Crippen molar-refractivity contribution in [2.75, 3.05) is 0 Å². The lowest BCUT2D eigenvalue weighted by atomic mass is 9.94. The molecular formula is C27H44N2. The van der Waals surface area contributed by atoms with Gasteiger partial charge in [0.25, 0.3) is 0 Å². The fourth-order valence-corrected chi connectivity index (χ4v) is 4.21. The summed E-state index contributed by atoms with van der Waals surface area (Å²) in [6.07, 6.45) is 20.0. The average molecular weight is 397 g/mol. The van der Waals surface area contributed by atoms with E-state index in [1.165, 1.54) is 93.9 Å². The number of aromatic amines is 1. The van der Waals surface area contributed by atoms with Crippen LogP contribution in [-0.2, 0) is 19.3 Å². The Morgan fingerprint density at radius 2 is 1.34 bits per heavy atom. The summed E-state index contributed by atoms with van der Waals surface area (Å²) in [5.74, 6) is 1.78. The molecule has 2 aromatic rings. The molecule has 0 saturated heterocycles. The largest absolute Gasteiger partial charge is 0.348 e. The van der Waals surface area contributed by atoms with Crippen LogP contribution in [0.4, 0.5) is 0 Å². The average Bonchev–Trinajstić information content (AvgIpc) is 3.21. The molecule has 0 spiro atoms. The number of benzene rings is 1. The molecule has 0 aliphatic rings. The summed E-state index contributed by atoms with van der Waals surface area (Å²) >= 11 is 0. The highest BCUT2D eigenvalue weighted by Gasteiger charge is 2.14. The number of H-pyrrole nitrogens is 1. The van der Waals surface area contributed by atoms with E-state index in [1.54, 1.807) is 0 Å². The van der Waals surface area contributed by atoms with Crippen molar-refractivity contribution in [3.8, 4) is 0 Å². The molecule has 1 unspecified atom stereocenters. The zero-order valence-corrected chi connectivity index (χ0v) is 19.3. The molecule has 0 aliphatic heterocycles. The lowest BCUT2D eigenvalue weighted by Crippen LogP contribution is -2.00. The predicted octanol–water partition coefficient (Wildman–Crippen LogP) is 8.17. The first-order valence-electron chi connectivity index (χ1n) is 12.4. The minimum absolute atomic E-state index is 0.633. The summed E-state index contributed by atoms with van der Waals surface area (Å²) in [7, 11) is 0. The lowest BCUT2D eigenvalue weighted by molar-refractivity contribution is 0.520. The maximum absolute atomic E-state index is 4.95. The Hall–Kier alpha value is -1.57. The smallest absolute Gasteiger partial charge is 0.106 e. The van der Waals surface area contributed by atoms with Crippen LogP contribution in [0.2, 0.25) is 0 Å². The molecule has 1 aromatic heterocycles. The highest BCUT2D eigenvalue weighted by molar-refractivity contribution is 5.23. The summed E-state index contributed by atoms with van der Waals surface area (Å²) in [6.45, 7) is 6.84. The van der Waals surface area contributed by atoms with Crippen molar-refractivity contribution in [1.82, 2.24) is 9.97 Å². The molecule has 29 heavy (non-hydrogen) atoms. The lowest BCUT2D eigenvalue weighted by Gasteiger charge is -2.13. The number of imidazole rings is 1. The second-order valence-electron chi connectivity index (χ2n) is 8.73. The molecule has 2 rings (SSSR count). The topological polar surface area (TPSA) is 28.7 Å². The molecule has 1 aromatic carbocycles. The number of unbranched alkanes of at least 4 members (excludes halogenated alkanes) is 6. The Bertz CT molecular complexity index is 641. The third-order valence-electron chi connectivity index (χ3n) is 6.10. The standard InChI is InChI=1S/C27H44N2/c1-4-7-9-10-12-14-23-16-18-24(19-17-23)20-21-27-28-22-26(29-27)25(13-6-3)15-11-8-5-2/h16-19,22,25H,4-15,20-21H2,1-3H3,(H,28,29). The van der Waals surface area contributed by atoms with Crippen LogP contribution in [-0.4, -0.2) is 9.97 Å². The van der Waals surface area contributed by atoms with Gasteiger partial charge in [-0.3, -0.25) is 0 Å². The molecule has 0 radical (unpaired) electrons. The van der Waals surface area contributed by atoms with Crippen LogP contribution in [0.5, 0.6) is 0 Å². The fourth-order valence-electron chi connectivity index (χ4n) is 4.21. The molecule has 0 aliphatic carbocycles. The van der Waals surface area contributed by atoms with Crippen molar-refractivity contribution >= 4 is 0 Å². The van der Waals surface area contributed by atoms with Crippen molar-refractivity contribution < 1.29 is 0 Å². The molecule has 0 bridgehead atoms. The molecule has 162 valence electrons. The molecule has 1 atom stereocenters. The van der Waals surface area contributed by atoms with Gasteiger partial charge in [0.2, 0.25) is 0 Å². The van der Waals surface area contributed by atoms with Gasteiger partial charge in [0.05, 0.1) is 5.69 Å². The van der Waals surface area contributed by atoms with E-state index >= 15 is 0 Å². The summed E-state index contributed by atoms with van der Waals surface area (Å²) in [6, 6.07) is 9.28. The SMILES string of the molecule is CCCCCCCc1ccc(CCc2nc(C(CCC)CCCCC)c[nH]2)cc1. The number of rotatable bonds is 16. The van der Waals surface area contributed by atoms with Gasteiger partial charge in [0.1, 0.15) is 5.82 Å². The maximum Gasteiger partial charge on any atom is 0.106 e. The Kier molecular flexibility index (Phi) is 11.8. The van der Waals surface area contributed by atoms with E-state index in [2.05, 4.69) is 56.2 Å². The van der Waals surface area contributed by atoms with Gasteiger partial charge >= 0.3 is 0 Å².